The van der Waals surface area contributed by atoms with Crippen molar-refractivity contribution < 1.29 is 19.8 Å². The van der Waals surface area contributed by atoms with Gasteiger partial charge in [0.15, 0.2) is 11.5 Å². The standard InChI is InChI=1S/C20H13BrO4/c21-14-9-7-13(8-10-14)16-19(24)17(22)15(18(23)20(16)25)11-6-12-4-2-1-3-5-12/h1-11,22,25H. The van der Waals surface area contributed by atoms with Gasteiger partial charge < -0.3 is 10.2 Å². The maximum atomic E-state index is 12.5. The molecule has 2 N–H and O–H groups in total. The molecule has 0 spiro atoms. The summed E-state index contributed by atoms with van der Waals surface area (Å²) in [7, 11) is 0. The molecule has 0 saturated heterocycles. The highest BCUT2D eigenvalue weighted by molar-refractivity contribution is 9.10. The van der Waals surface area contributed by atoms with Gasteiger partial charge in [-0.3, -0.25) is 9.59 Å². The molecule has 0 saturated carbocycles. The first-order valence-electron chi connectivity index (χ1n) is 7.44. The van der Waals surface area contributed by atoms with Gasteiger partial charge in [-0.15, -0.1) is 0 Å². The zero-order valence-corrected chi connectivity index (χ0v) is 14.5. The minimum absolute atomic E-state index is 0.202. The van der Waals surface area contributed by atoms with Crippen molar-refractivity contribution in [3.63, 3.8) is 0 Å². The van der Waals surface area contributed by atoms with Crippen molar-refractivity contribution in [1.82, 2.24) is 0 Å². The molecule has 0 unspecified atom stereocenters. The first kappa shape index (κ1) is 16.9. The Morgan fingerprint density at radius 3 is 2.04 bits per heavy atom. The van der Waals surface area contributed by atoms with Crippen LogP contribution in [0, 0.1) is 0 Å². The zero-order valence-electron chi connectivity index (χ0n) is 12.9. The summed E-state index contributed by atoms with van der Waals surface area (Å²) in [5.74, 6) is -2.92. The Balaban J connectivity index is 2.00. The minimum Gasteiger partial charge on any atom is -0.504 e. The molecule has 0 radical (unpaired) electrons. The second-order valence-corrected chi connectivity index (χ2v) is 6.31. The molecule has 0 fully saturated rings. The molecule has 3 rings (SSSR count). The van der Waals surface area contributed by atoms with E-state index in [-0.39, 0.29) is 11.1 Å². The molecular formula is C20H13BrO4. The van der Waals surface area contributed by atoms with Gasteiger partial charge in [-0.25, -0.2) is 0 Å². The van der Waals surface area contributed by atoms with Crippen molar-refractivity contribution in [3.8, 4) is 0 Å². The molecule has 0 amide bonds. The molecule has 0 bridgehead atoms. The van der Waals surface area contributed by atoms with E-state index in [2.05, 4.69) is 15.9 Å². The van der Waals surface area contributed by atoms with Crippen LogP contribution >= 0.6 is 15.9 Å². The Kier molecular flexibility index (Phi) is 4.67. The van der Waals surface area contributed by atoms with Gasteiger partial charge in [-0.1, -0.05) is 64.5 Å². The summed E-state index contributed by atoms with van der Waals surface area (Å²) in [5.41, 5.74) is 0.723. The van der Waals surface area contributed by atoms with Crippen molar-refractivity contribution in [2.75, 3.05) is 0 Å². The fourth-order valence-electron chi connectivity index (χ4n) is 2.48. The second-order valence-electron chi connectivity index (χ2n) is 5.40. The molecule has 124 valence electrons. The average Bonchev–Trinajstić information content (AvgIpc) is 2.63. The summed E-state index contributed by atoms with van der Waals surface area (Å²) in [5, 5.41) is 20.4. The lowest BCUT2D eigenvalue weighted by Crippen LogP contribution is -2.22. The molecule has 1 aliphatic rings. The molecule has 2 aromatic rings. The number of ketones is 2. The Morgan fingerprint density at radius 1 is 0.760 bits per heavy atom. The van der Waals surface area contributed by atoms with Crippen LogP contribution < -0.4 is 0 Å². The van der Waals surface area contributed by atoms with E-state index in [1.165, 1.54) is 6.08 Å². The van der Waals surface area contributed by atoms with Crippen molar-refractivity contribution in [1.29, 1.82) is 0 Å². The summed E-state index contributed by atoms with van der Waals surface area (Å²) >= 11 is 3.28. The van der Waals surface area contributed by atoms with E-state index in [1.807, 2.05) is 30.3 Å². The average molecular weight is 397 g/mol. The fourth-order valence-corrected chi connectivity index (χ4v) is 2.74. The molecule has 25 heavy (non-hydrogen) atoms. The van der Waals surface area contributed by atoms with Crippen molar-refractivity contribution in [2.45, 2.75) is 0 Å². The lowest BCUT2D eigenvalue weighted by Gasteiger charge is -2.16. The summed E-state index contributed by atoms with van der Waals surface area (Å²) < 4.78 is 0.789. The van der Waals surface area contributed by atoms with Crippen LogP contribution in [0.15, 0.2) is 82.2 Å². The van der Waals surface area contributed by atoms with Crippen molar-refractivity contribution in [2.24, 2.45) is 0 Å². The predicted molar refractivity (Wildman–Crippen MR) is 98.8 cm³/mol. The lowest BCUT2D eigenvalue weighted by atomic mass is 9.89. The molecule has 5 heteroatoms. The highest BCUT2D eigenvalue weighted by Gasteiger charge is 2.34. The predicted octanol–water partition coefficient (Wildman–Crippen LogP) is 4.40. The van der Waals surface area contributed by atoms with Gasteiger partial charge >= 0.3 is 0 Å². The zero-order chi connectivity index (χ0) is 18.0. The van der Waals surface area contributed by atoms with Crippen molar-refractivity contribution in [3.05, 3.63) is 93.4 Å². The third kappa shape index (κ3) is 3.32. The van der Waals surface area contributed by atoms with Crippen LogP contribution in [0.1, 0.15) is 11.1 Å². The van der Waals surface area contributed by atoms with Crippen LogP contribution in [-0.4, -0.2) is 21.8 Å². The molecule has 0 heterocycles. The number of hydrogen-bond acceptors (Lipinski definition) is 4. The SMILES string of the molecule is O=C1C(O)=C(c2ccc(Br)cc2)C(=O)C(O)=C1C=Cc1ccccc1. The van der Waals surface area contributed by atoms with E-state index in [9.17, 15) is 19.8 Å². The third-order valence-corrected chi connectivity index (χ3v) is 4.30. The monoisotopic (exact) mass is 396 g/mol. The fraction of sp³-hybridized carbons (Fsp3) is 0. The Labute approximate surface area is 152 Å². The van der Waals surface area contributed by atoms with E-state index in [0.29, 0.717) is 5.56 Å². The number of carbonyl (C=O) groups excluding carboxylic acids is 2. The van der Waals surface area contributed by atoms with Crippen LogP contribution in [0.4, 0.5) is 0 Å². The summed E-state index contributed by atoms with van der Waals surface area (Å²) in [6.07, 6.45) is 2.92. The molecule has 0 atom stereocenters. The number of allylic oxidation sites excluding steroid dienone is 3. The number of rotatable bonds is 3. The Bertz CT molecular complexity index is 935. The van der Waals surface area contributed by atoms with Gasteiger partial charge in [0.05, 0.1) is 11.1 Å². The molecule has 1 aliphatic carbocycles. The Hall–Kier alpha value is -2.92. The Morgan fingerprint density at radius 2 is 1.40 bits per heavy atom. The maximum Gasteiger partial charge on any atom is 0.232 e. The van der Waals surface area contributed by atoms with Gasteiger partial charge in [-0.2, -0.15) is 0 Å². The minimum atomic E-state index is -0.790. The highest BCUT2D eigenvalue weighted by atomic mass is 79.9. The van der Waals surface area contributed by atoms with E-state index < -0.39 is 23.1 Å². The lowest BCUT2D eigenvalue weighted by molar-refractivity contribution is -0.118. The number of aliphatic hydroxyl groups excluding tert-OH is 2. The molecule has 0 aromatic heterocycles. The van der Waals surface area contributed by atoms with Crippen LogP contribution in [0.5, 0.6) is 0 Å². The van der Waals surface area contributed by atoms with Gasteiger partial charge in [-0.05, 0) is 29.3 Å². The maximum absolute atomic E-state index is 12.5. The first-order chi connectivity index (χ1) is 12.0. The normalized spacial score (nSPS) is 15.4. The third-order valence-electron chi connectivity index (χ3n) is 3.77. The van der Waals surface area contributed by atoms with Gasteiger partial charge in [0.25, 0.3) is 0 Å². The van der Waals surface area contributed by atoms with Crippen LogP contribution in [-0.2, 0) is 9.59 Å². The first-order valence-corrected chi connectivity index (χ1v) is 8.23. The number of halogens is 1. The summed E-state index contributed by atoms with van der Waals surface area (Å²) in [6, 6.07) is 15.6. The largest absolute Gasteiger partial charge is 0.504 e. The number of hydrogen-bond donors (Lipinski definition) is 2. The quantitative estimate of drug-likeness (QED) is 0.754. The van der Waals surface area contributed by atoms with E-state index >= 15 is 0 Å². The molecular weight excluding hydrogens is 384 g/mol. The van der Waals surface area contributed by atoms with Gasteiger partial charge in [0, 0.05) is 4.47 Å². The second kappa shape index (κ2) is 6.91. The van der Waals surface area contributed by atoms with Crippen LogP contribution in [0.2, 0.25) is 0 Å². The van der Waals surface area contributed by atoms with Crippen molar-refractivity contribution >= 4 is 39.1 Å². The summed E-state index contributed by atoms with van der Waals surface area (Å²) in [4.78, 5) is 24.9. The topological polar surface area (TPSA) is 74.6 Å². The summed E-state index contributed by atoms with van der Waals surface area (Å²) in [6.45, 7) is 0. The van der Waals surface area contributed by atoms with E-state index in [4.69, 9.17) is 0 Å². The van der Waals surface area contributed by atoms with Crippen LogP contribution in [0.3, 0.4) is 0 Å². The number of aliphatic hydroxyl groups is 2. The molecule has 0 aliphatic heterocycles. The molecule has 2 aromatic carbocycles. The number of carbonyl (C=O) groups is 2. The smallest absolute Gasteiger partial charge is 0.232 e. The number of Topliss-reactive ketones (excluding diaryl/α,β-unsaturated/α-hetero) is 2. The van der Waals surface area contributed by atoms with Gasteiger partial charge in [0.1, 0.15) is 0 Å². The molecule has 4 nitrogen and oxygen atoms in total. The number of benzene rings is 2. The van der Waals surface area contributed by atoms with E-state index in [0.717, 1.165) is 10.0 Å². The van der Waals surface area contributed by atoms with E-state index in [1.54, 1.807) is 30.3 Å². The van der Waals surface area contributed by atoms with Crippen LogP contribution in [0.25, 0.3) is 11.6 Å². The van der Waals surface area contributed by atoms with Gasteiger partial charge in [0.2, 0.25) is 11.6 Å². The highest BCUT2D eigenvalue weighted by Crippen LogP contribution is 2.30.